The highest BCUT2D eigenvalue weighted by atomic mass is 32.2. The molecule has 114 valence electrons. The van der Waals surface area contributed by atoms with Crippen molar-refractivity contribution in [2.45, 2.75) is 17.3 Å². The monoisotopic (exact) mass is 322 g/mol. The molecule has 0 saturated heterocycles. The predicted molar refractivity (Wildman–Crippen MR) is 88.6 cm³/mol. The van der Waals surface area contributed by atoms with Gasteiger partial charge in [-0.3, -0.25) is 4.40 Å². The standard InChI is InChI=1S/C16H14N6S/c1-12(23-16-17-11-14-9-5-6-10-21(14)16)15-18-19-20-22(15)13-7-3-2-4-8-13/h2-12H,1H3. The van der Waals surface area contributed by atoms with Gasteiger partial charge in [0.1, 0.15) is 0 Å². The normalized spacial score (nSPS) is 12.6. The zero-order valence-electron chi connectivity index (χ0n) is 12.4. The lowest BCUT2D eigenvalue weighted by atomic mass is 10.3. The summed E-state index contributed by atoms with van der Waals surface area (Å²) in [5.41, 5.74) is 2.03. The zero-order chi connectivity index (χ0) is 15.6. The molecule has 23 heavy (non-hydrogen) atoms. The van der Waals surface area contributed by atoms with Gasteiger partial charge in [0.25, 0.3) is 0 Å². The Bertz CT molecular complexity index is 930. The van der Waals surface area contributed by atoms with Crippen molar-refractivity contribution in [2.24, 2.45) is 0 Å². The second-order valence-electron chi connectivity index (χ2n) is 5.08. The average Bonchev–Trinajstić information content (AvgIpc) is 3.23. The van der Waals surface area contributed by atoms with Crippen LogP contribution in [0.5, 0.6) is 0 Å². The van der Waals surface area contributed by atoms with Gasteiger partial charge < -0.3 is 0 Å². The molecule has 0 radical (unpaired) electrons. The number of nitrogens with zero attached hydrogens (tertiary/aromatic N) is 6. The molecule has 0 spiro atoms. The van der Waals surface area contributed by atoms with E-state index in [0.29, 0.717) is 0 Å². The SMILES string of the molecule is CC(Sc1ncc2ccccn12)c1nnnn1-c1ccccc1. The highest BCUT2D eigenvalue weighted by Crippen LogP contribution is 2.33. The smallest absolute Gasteiger partial charge is 0.173 e. The molecule has 3 aromatic heterocycles. The van der Waals surface area contributed by atoms with Crippen LogP contribution in [0.3, 0.4) is 0 Å². The van der Waals surface area contributed by atoms with Gasteiger partial charge in [-0.2, -0.15) is 4.68 Å². The van der Waals surface area contributed by atoms with Gasteiger partial charge in [-0.1, -0.05) is 36.0 Å². The van der Waals surface area contributed by atoms with Crippen molar-refractivity contribution in [1.82, 2.24) is 29.6 Å². The van der Waals surface area contributed by atoms with Crippen molar-refractivity contribution in [3.63, 3.8) is 0 Å². The van der Waals surface area contributed by atoms with Crippen molar-refractivity contribution in [3.05, 3.63) is 66.7 Å². The number of para-hydroxylation sites is 1. The van der Waals surface area contributed by atoms with Crippen LogP contribution in [0.2, 0.25) is 0 Å². The molecule has 0 aliphatic rings. The molecule has 0 N–H and O–H groups in total. The summed E-state index contributed by atoms with van der Waals surface area (Å²) < 4.78 is 3.84. The molecule has 3 heterocycles. The lowest BCUT2D eigenvalue weighted by Crippen LogP contribution is -2.05. The molecule has 4 aromatic rings. The van der Waals surface area contributed by atoms with E-state index in [1.807, 2.05) is 60.9 Å². The molecule has 0 amide bonds. The summed E-state index contributed by atoms with van der Waals surface area (Å²) in [5.74, 6) is 0.800. The summed E-state index contributed by atoms with van der Waals surface area (Å²) in [5, 5.41) is 13.1. The van der Waals surface area contributed by atoms with Crippen molar-refractivity contribution in [2.75, 3.05) is 0 Å². The molecular formula is C16H14N6S. The van der Waals surface area contributed by atoms with E-state index in [1.54, 1.807) is 16.4 Å². The largest absolute Gasteiger partial charge is 0.295 e. The summed E-state index contributed by atoms with van der Waals surface area (Å²) in [4.78, 5) is 4.50. The van der Waals surface area contributed by atoms with Gasteiger partial charge in [0.15, 0.2) is 11.0 Å². The quantitative estimate of drug-likeness (QED) is 0.540. The highest BCUT2D eigenvalue weighted by Gasteiger charge is 2.19. The number of tetrazole rings is 1. The fraction of sp³-hybridized carbons (Fsp3) is 0.125. The minimum Gasteiger partial charge on any atom is -0.295 e. The Balaban J connectivity index is 1.66. The van der Waals surface area contributed by atoms with E-state index in [0.717, 1.165) is 22.2 Å². The highest BCUT2D eigenvalue weighted by molar-refractivity contribution is 7.99. The molecule has 1 atom stereocenters. The first-order valence-corrected chi connectivity index (χ1v) is 8.13. The molecule has 0 saturated carbocycles. The third-order valence-electron chi connectivity index (χ3n) is 3.54. The summed E-state index contributed by atoms with van der Waals surface area (Å²) in [6.07, 6.45) is 3.88. The topological polar surface area (TPSA) is 60.9 Å². The van der Waals surface area contributed by atoms with Gasteiger partial charge in [-0.05, 0) is 41.6 Å². The minimum atomic E-state index is 0.0658. The van der Waals surface area contributed by atoms with Crippen molar-refractivity contribution < 1.29 is 0 Å². The Morgan fingerprint density at radius 2 is 1.87 bits per heavy atom. The number of hydrogen-bond acceptors (Lipinski definition) is 5. The molecule has 6 nitrogen and oxygen atoms in total. The second-order valence-corrected chi connectivity index (χ2v) is 6.39. The zero-order valence-corrected chi connectivity index (χ0v) is 13.3. The van der Waals surface area contributed by atoms with E-state index in [2.05, 4.69) is 31.8 Å². The Morgan fingerprint density at radius 3 is 2.74 bits per heavy atom. The van der Waals surface area contributed by atoms with Crippen molar-refractivity contribution >= 4 is 17.3 Å². The minimum absolute atomic E-state index is 0.0658. The van der Waals surface area contributed by atoms with Gasteiger partial charge in [-0.15, -0.1) is 5.10 Å². The number of benzene rings is 1. The average molecular weight is 322 g/mol. The molecule has 1 aromatic carbocycles. The third kappa shape index (κ3) is 2.59. The van der Waals surface area contributed by atoms with Gasteiger partial charge in [0, 0.05) is 6.20 Å². The van der Waals surface area contributed by atoms with E-state index in [-0.39, 0.29) is 5.25 Å². The van der Waals surface area contributed by atoms with Crippen LogP contribution in [-0.4, -0.2) is 29.6 Å². The molecule has 4 rings (SSSR count). The van der Waals surface area contributed by atoms with Crippen LogP contribution >= 0.6 is 11.8 Å². The van der Waals surface area contributed by atoms with Crippen LogP contribution in [0.15, 0.2) is 66.1 Å². The van der Waals surface area contributed by atoms with E-state index < -0.39 is 0 Å². The maximum absolute atomic E-state index is 4.50. The van der Waals surface area contributed by atoms with Gasteiger partial charge in [0.05, 0.1) is 22.7 Å². The maximum atomic E-state index is 4.50. The van der Waals surface area contributed by atoms with Gasteiger partial charge in [-0.25, -0.2) is 4.98 Å². The van der Waals surface area contributed by atoms with Crippen LogP contribution in [0.4, 0.5) is 0 Å². The van der Waals surface area contributed by atoms with E-state index in [1.165, 1.54) is 0 Å². The van der Waals surface area contributed by atoms with E-state index >= 15 is 0 Å². The number of thioether (sulfide) groups is 1. The first-order chi connectivity index (χ1) is 11.3. The molecule has 0 fully saturated rings. The van der Waals surface area contributed by atoms with Crippen LogP contribution in [-0.2, 0) is 0 Å². The Morgan fingerprint density at radius 1 is 1.04 bits per heavy atom. The number of fused-ring (bicyclic) bond motifs is 1. The maximum Gasteiger partial charge on any atom is 0.173 e. The van der Waals surface area contributed by atoms with Crippen molar-refractivity contribution in [3.8, 4) is 5.69 Å². The summed E-state index contributed by atoms with van der Waals surface area (Å²) >= 11 is 1.63. The second kappa shape index (κ2) is 5.85. The Hall–Kier alpha value is -2.67. The Kier molecular flexibility index (Phi) is 3.55. The molecule has 0 aliphatic carbocycles. The Labute approximate surface area is 137 Å². The molecule has 1 unspecified atom stereocenters. The number of aromatic nitrogens is 6. The summed E-state index contributed by atoms with van der Waals surface area (Å²) in [6, 6.07) is 15.9. The number of rotatable bonds is 4. The van der Waals surface area contributed by atoms with E-state index in [4.69, 9.17) is 0 Å². The van der Waals surface area contributed by atoms with Gasteiger partial charge in [0.2, 0.25) is 0 Å². The van der Waals surface area contributed by atoms with Crippen LogP contribution < -0.4 is 0 Å². The fourth-order valence-corrected chi connectivity index (χ4v) is 3.38. The lowest BCUT2D eigenvalue weighted by molar-refractivity contribution is 0.761. The third-order valence-corrected chi connectivity index (χ3v) is 4.62. The van der Waals surface area contributed by atoms with E-state index in [9.17, 15) is 0 Å². The summed E-state index contributed by atoms with van der Waals surface area (Å²) in [7, 11) is 0. The lowest BCUT2D eigenvalue weighted by Gasteiger charge is -2.10. The number of pyridine rings is 1. The molecule has 7 heteroatoms. The number of hydrogen-bond donors (Lipinski definition) is 0. The predicted octanol–water partition coefficient (Wildman–Crippen LogP) is 3.16. The first kappa shape index (κ1) is 14.0. The van der Waals surface area contributed by atoms with Crippen LogP contribution in [0, 0.1) is 0 Å². The number of imidazole rings is 1. The molecule has 0 aliphatic heterocycles. The molecule has 0 bridgehead atoms. The van der Waals surface area contributed by atoms with Crippen LogP contribution in [0.25, 0.3) is 11.2 Å². The fourth-order valence-electron chi connectivity index (χ4n) is 2.42. The first-order valence-electron chi connectivity index (χ1n) is 7.25. The van der Waals surface area contributed by atoms with Gasteiger partial charge >= 0.3 is 0 Å². The van der Waals surface area contributed by atoms with Crippen LogP contribution in [0.1, 0.15) is 18.0 Å². The molecular weight excluding hydrogens is 308 g/mol. The van der Waals surface area contributed by atoms with Crippen molar-refractivity contribution in [1.29, 1.82) is 0 Å². The summed E-state index contributed by atoms with van der Waals surface area (Å²) in [6.45, 7) is 2.08.